The lowest BCUT2D eigenvalue weighted by molar-refractivity contribution is -0.148. The summed E-state index contributed by atoms with van der Waals surface area (Å²) in [5, 5.41) is 3.31. The van der Waals surface area contributed by atoms with Gasteiger partial charge in [-0.2, -0.15) is 0 Å². The third-order valence-corrected chi connectivity index (χ3v) is 3.10. The summed E-state index contributed by atoms with van der Waals surface area (Å²) in [6.07, 6.45) is 1.31. The van der Waals surface area contributed by atoms with Crippen molar-refractivity contribution in [1.29, 1.82) is 0 Å². The molecule has 0 aliphatic carbocycles. The van der Waals surface area contributed by atoms with Crippen molar-refractivity contribution in [2.75, 3.05) is 0 Å². The molecule has 0 aliphatic heterocycles. The molecule has 22 heavy (non-hydrogen) atoms. The molecule has 120 valence electrons. The Morgan fingerprint density at radius 2 is 1.91 bits per heavy atom. The summed E-state index contributed by atoms with van der Waals surface area (Å²) in [6.45, 7) is 7.22. The van der Waals surface area contributed by atoms with Crippen LogP contribution in [0.2, 0.25) is 5.02 Å². The maximum Gasteiger partial charge on any atom is 0.308 e. The Labute approximate surface area is 136 Å². The van der Waals surface area contributed by atoms with E-state index in [9.17, 15) is 9.59 Å². The maximum absolute atomic E-state index is 12.0. The molecule has 1 N–H and O–H groups in total. The van der Waals surface area contributed by atoms with Gasteiger partial charge in [0.1, 0.15) is 0 Å². The van der Waals surface area contributed by atoms with E-state index in [1.165, 1.54) is 6.08 Å². The molecule has 1 rings (SSSR count). The van der Waals surface area contributed by atoms with Crippen LogP contribution >= 0.6 is 11.6 Å². The second-order valence-electron chi connectivity index (χ2n) is 5.55. The summed E-state index contributed by atoms with van der Waals surface area (Å²) in [6, 6.07) is 6.61. The number of rotatable bonds is 6. The number of amides is 1. The third-order valence-electron chi connectivity index (χ3n) is 2.75. The number of hydrogen-bond acceptors (Lipinski definition) is 3. The molecule has 1 unspecified atom stereocenters. The average Bonchev–Trinajstić information content (AvgIpc) is 2.36. The van der Waals surface area contributed by atoms with E-state index in [2.05, 4.69) is 5.32 Å². The van der Waals surface area contributed by atoms with Gasteiger partial charge in [0.2, 0.25) is 5.91 Å². The van der Waals surface area contributed by atoms with Crippen molar-refractivity contribution in [2.45, 2.75) is 46.3 Å². The first kappa shape index (κ1) is 18.2. The van der Waals surface area contributed by atoms with Crippen molar-refractivity contribution in [3.8, 4) is 0 Å². The van der Waals surface area contributed by atoms with Crippen molar-refractivity contribution in [2.24, 2.45) is 0 Å². The largest absolute Gasteiger partial charge is 0.463 e. The van der Waals surface area contributed by atoms with Gasteiger partial charge in [0, 0.05) is 11.1 Å². The molecule has 0 spiro atoms. The number of allylic oxidation sites excluding steroid dienone is 1. The van der Waals surface area contributed by atoms with E-state index in [4.69, 9.17) is 16.3 Å². The second kappa shape index (κ2) is 8.59. The van der Waals surface area contributed by atoms with Crippen molar-refractivity contribution in [1.82, 2.24) is 5.32 Å². The first-order valence-electron chi connectivity index (χ1n) is 7.19. The van der Waals surface area contributed by atoms with Crippen molar-refractivity contribution in [3.63, 3.8) is 0 Å². The number of esters is 1. The quantitative estimate of drug-likeness (QED) is 0.640. The fourth-order valence-corrected chi connectivity index (χ4v) is 2.22. The molecular weight excluding hydrogens is 302 g/mol. The number of ether oxygens (including phenoxy) is 1. The minimum Gasteiger partial charge on any atom is -0.463 e. The van der Waals surface area contributed by atoms with Crippen molar-refractivity contribution >= 4 is 23.5 Å². The monoisotopic (exact) mass is 323 g/mol. The van der Waals surface area contributed by atoms with Crippen LogP contribution in [0, 0.1) is 0 Å². The van der Waals surface area contributed by atoms with E-state index >= 15 is 0 Å². The fraction of sp³-hybridized carbons (Fsp3) is 0.412. The van der Waals surface area contributed by atoms with Crippen molar-refractivity contribution in [3.05, 3.63) is 46.5 Å². The Kier molecular flexibility index (Phi) is 7.12. The van der Waals surface area contributed by atoms with Crippen LogP contribution in [0.1, 0.15) is 45.7 Å². The second-order valence-corrected chi connectivity index (χ2v) is 5.95. The van der Waals surface area contributed by atoms with Gasteiger partial charge >= 0.3 is 5.97 Å². The highest BCUT2D eigenvalue weighted by atomic mass is 35.5. The Hall–Kier alpha value is -1.81. The van der Waals surface area contributed by atoms with Gasteiger partial charge in [0.25, 0.3) is 0 Å². The van der Waals surface area contributed by atoms with Gasteiger partial charge in [0.15, 0.2) is 0 Å². The Balaban J connectivity index is 2.95. The fourth-order valence-electron chi connectivity index (χ4n) is 1.95. The Bertz CT molecular complexity index is 563. The zero-order valence-electron chi connectivity index (χ0n) is 13.4. The van der Waals surface area contributed by atoms with Crippen LogP contribution in [0.15, 0.2) is 35.9 Å². The molecule has 0 aliphatic rings. The molecule has 0 fully saturated rings. The van der Waals surface area contributed by atoms with Crippen LogP contribution in [0.5, 0.6) is 0 Å². The van der Waals surface area contributed by atoms with Crippen molar-refractivity contribution < 1.29 is 14.3 Å². The number of carbonyl (C=O) groups is 2. The summed E-state index contributed by atoms with van der Waals surface area (Å²) in [5.41, 5.74) is 1.57. The SMILES string of the molecule is CC(C)=CC(=O)NC(CC(=O)OC(C)C)c1ccccc1Cl. The van der Waals surface area contributed by atoms with E-state index in [0.29, 0.717) is 10.6 Å². The first-order valence-corrected chi connectivity index (χ1v) is 7.56. The molecule has 5 heteroatoms. The predicted molar refractivity (Wildman–Crippen MR) is 87.6 cm³/mol. The van der Waals surface area contributed by atoms with E-state index in [1.807, 2.05) is 19.9 Å². The van der Waals surface area contributed by atoms with Crippen LogP contribution in [0.25, 0.3) is 0 Å². The van der Waals surface area contributed by atoms with Gasteiger partial charge in [-0.15, -0.1) is 0 Å². The third kappa shape index (κ3) is 6.31. The summed E-state index contributed by atoms with van der Waals surface area (Å²) in [7, 11) is 0. The highest BCUT2D eigenvalue weighted by molar-refractivity contribution is 6.31. The maximum atomic E-state index is 12.0. The molecule has 4 nitrogen and oxygen atoms in total. The smallest absolute Gasteiger partial charge is 0.308 e. The standard InChI is InChI=1S/C17H22ClNO3/c1-11(2)9-16(20)19-15(10-17(21)22-12(3)4)13-7-5-6-8-14(13)18/h5-9,12,15H,10H2,1-4H3,(H,19,20). The summed E-state index contributed by atoms with van der Waals surface area (Å²) < 4.78 is 5.16. The molecule has 0 saturated heterocycles. The van der Waals surface area contributed by atoms with Gasteiger partial charge in [-0.1, -0.05) is 35.4 Å². The summed E-state index contributed by atoms with van der Waals surface area (Å²) >= 11 is 6.18. The minimum atomic E-state index is -0.525. The lowest BCUT2D eigenvalue weighted by Crippen LogP contribution is -2.30. The average molecular weight is 324 g/mol. The molecule has 1 aromatic carbocycles. The highest BCUT2D eigenvalue weighted by Gasteiger charge is 2.21. The summed E-state index contributed by atoms with van der Waals surface area (Å²) in [5.74, 6) is -0.639. The number of nitrogens with one attached hydrogen (secondary N) is 1. The predicted octanol–water partition coefficient (Wildman–Crippen LogP) is 3.81. The molecule has 0 heterocycles. The summed E-state index contributed by atoms with van der Waals surface area (Å²) in [4.78, 5) is 23.9. The van der Waals surface area contributed by atoms with Gasteiger partial charge < -0.3 is 10.1 Å². The molecular formula is C17H22ClNO3. The number of hydrogen-bond donors (Lipinski definition) is 1. The topological polar surface area (TPSA) is 55.4 Å². The van der Waals surface area contributed by atoms with Gasteiger partial charge in [-0.25, -0.2) is 0 Å². The Morgan fingerprint density at radius 1 is 1.27 bits per heavy atom. The number of halogens is 1. The zero-order chi connectivity index (χ0) is 16.7. The van der Waals surface area contributed by atoms with E-state index in [-0.39, 0.29) is 24.4 Å². The number of carbonyl (C=O) groups excluding carboxylic acids is 2. The van der Waals surface area contributed by atoms with E-state index in [0.717, 1.165) is 5.57 Å². The van der Waals surface area contributed by atoms with E-state index in [1.54, 1.807) is 32.0 Å². The lowest BCUT2D eigenvalue weighted by atomic mass is 10.0. The van der Waals surface area contributed by atoms with E-state index < -0.39 is 6.04 Å². The molecule has 0 radical (unpaired) electrons. The highest BCUT2D eigenvalue weighted by Crippen LogP contribution is 2.25. The molecule has 1 aromatic rings. The van der Waals surface area contributed by atoms with Crippen LogP contribution in [-0.4, -0.2) is 18.0 Å². The van der Waals surface area contributed by atoms with Gasteiger partial charge in [-0.05, 0) is 39.3 Å². The van der Waals surface area contributed by atoms with Crippen LogP contribution in [0.3, 0.4) is 0 Å². The molecule has 1 atom stereocenters. The first-order chi connectivity index (χ1) is 10.3. The normalized spacial score (nSPS) is 11.7. The van der Waals surface area contributed by atoms with Gasteiger partial charge in [-0.3, -0.25) is 9.59 Å². The lowest BCUT2D eigenvalue weighted by Gasteiger charge is -2.19. The Morgan fingerprint density at radius 3 is 2.45 bits per heavy atom. The van der Waals surface area contributed by atoms with Crippen LogP contribution in [-0.2, 0) is 14.3 Å². The minimum absolute atomic E-state index is 0.0320. The molecule has 0 saturated carbocycles. The van der Waals surface area contributed by atoms with Crippen LogP contribution in [0.4, 0.5) is 0 Å². The molecule has 0 aromatic heterocycles. The zero-order valence-corrected chi connectivity index (χ0v) is 14.1. The molecule has 0 bridgehead atoms. The molecule has 1 amide bonds. The van der Waals surface area contributed by atoms with Crippen LogP contribution < -0.4 is 5.32 Å². The number of benzene rings is 1. The van der Waals surface area contributed by atoms with Gasteiger partial charge in [0.05, 0.1) is 18.6 Å².